The van der Waals surface area contributed by atoms with Gasteiger partial charge in [-0.25, -0.2) is 0 Å². The third kappa shape index (κ3) is 2.56. The van der Waals surface area contributed by atoms with Crippen LogP contribution < -0.4 is 10.6 Å². The highest BCUT2D eigenvalue weighted by Crippen LogP contribution is 2.67. The first kappa shape index (κ1) is 22.4. The lowest BCUT2D eigenvalue weighted by Crippen LogP contribution is -2.62. The maximum Gasteiger partial charge on any atom is 0.251 e. The van der Waals surface area contributed by atoms with Gasteiger partial charge in [-0.2, -0.15) is 0 Å². The average molecular weight is 492 g/mol. The van der Waals surface area contributed by atoms with Gasteiger partial charge in [-0.1, -0.05) is 67.1 Å². The number of carbonyl (C=O) groups is 3. The Morgan fingerprint density at radius 3 is 2.46 bits per heavy atom. The van der Waals surface area contributed by atoms with Gasteiger partial charge in [0.2, 0.25) is 5.91 Å². The number of hydrogen-bond donors (Lipinski definition) is 2. The highest BCUT2D eigenvalue weighted by atomic mass is 16.2. The number of aryl methyl sites for hydroxylation is 2. The normalized spacial score (nSPS) is 29.4. The number of amides is 2. The van der Waals surface area contributed by atoms with Crippen molar-refractivity contribution in [3.05, 3.63) is 94.5 Å². The first-order valence-corrected chi connectivity index (χ1v) is 13.2. The minimum absolute atomic E-state index is 0.0754. The van der Waals surface area contributed by atoms with Gasteiger partial charge in [0.1, 0.15) is 11.0 Å². The summed E-state index contributed by atoms with van der Waals surface area (Å²) < 4.78 is 0. The van der Waals surface area contributed by atoms with Gasteiger partial charge in [0, 0.05) is 28.5 Å². The van der Waals surface area contributed by atoms with Crippen molar-refractivity contribution in [2.45, 2.75) is 50.1 Å². The van der Waals surface area contributed by atoms with Crippen molar-refractivity contribution in [2.24, 2.45) is 5.92 Å². The Hall–Kier alpha value is -3.77. The van der Waals surface area contributed by atoms with E-state index in [9.17, 15) is 14.4 Å². The Morgan fingerprint density at radius 2 is 1.68 bits per heavy atom. The maximum absolute atomic E-state index is 14.6. The molecular formula is C31H29N3O3. The fourth-order valence-corrected chi connectivity index (χ4v) is 7.74. The van der Waals surface area contributed by atoms with E-state index in [0.717, 1.165) is 47.2 Å². The molecule has 0 unspecified atom stereocenters. The lowest BCUT2D eigenvalue weighted by atomic mass is 9.57. The lowest BCUT2D eigenvalue weighted by molar-refractivity contribution is -0.137. The zero-order chi connectivity index (χ0) is 25.5. The summed E-state index contributed by atoms with van der Waals surface area (Å²) in [5, 5.41) is 6.23. The van der Waals surface area contributed by atoms with E-state index >= 15 is 0 Å². The molecule has 6 nitrogen and oxygen atoms in total. The zero-order valence-corrected chi connectivity index (χ0v) is 21.0. The number of para-hydroxylation sites is 1. The van der Waals surface area contributed by atoms with Crippen LogP contribution in [0.3, 0.4) is 0 Å². The molecule has 4 aliphatic heterocycles. The highest BCUT2D eigenvalue weighted by Gasteiger charge is 2.81. The van der Waals surface area contributed by atoms with E-state index in [1.807, 2.05) is 67.6 Å². The summed E-state index contributed by atoms with van der Waals surface area (Å²) in [6, 6.07) is 21.0. The van der Waals surface area contributed by atoms with Crippen molar-refractivity contribution in [3.63, 3.8) is 0 Å². The molecule has 3 aromatic rings. The second-order valence-corrected chi connectivity index (χ2v) is 10.8. The minimum Gasteiger partial charge on any atom is -0.325 e. The number of anilines is 2. The second-order valence-electron chi connectivity index (χ2n) is 10.8. The molecule has 6 heteroatoms. The van der Waals surface area contributed by atoms with Crippen molar-refractivity contribution in [2.75, 3.05) is 17.2 Å². The van der Waals surface area contributed by atoms with Crippen LogP contribution in [0.2, 0.25) is 0 Å². The van der Waals surface area contributed by atoms with Crippen molar-refractivity contribution in [3.8, 4) is 0 Å². The lowest BCUT2D eigenvalue weighted by Gasteiger charge is -2.43. The summed E-state index contributed by atoms with van der Waals surface area (Å²) in [7, 11) is 0. The summed E-state index contributed by atoms with van der Waals surface area (Å²) in [4.78, 5) is 45.7. The van der Waals surface area contributed by atoms with Crippen LogP contribution in [0.1, 0.15) is 52.4 Å². The van der Waals surface area contributed by atoms with Gasteiger partial charge < -0.3 is 10.6 Å². The molecule has 0 aromatic heterocycles. The number of hydrogen-bond acceptors (Lipinski definition) is 4. The van der Waals surface area contributed by atoms with E-state index in [4.69, 9.17) is 0 Å². The smallest absolute Gasteiger partial charge is 0.251 e. The molecule has 0 aliphatic carbocycles. The molecule has 37 heavy (non-hydrogen) atoms. The number of carbonyl (C=O) groups excluding carboxylic acids is 3. The molecule has 2 fully saturated rings. The first-order chi connectivity index (χ1) is 17.9. The monoisotopic (exact) mass is 491 g/mol. The molecule has 4 atom stereocenters. The number of fused-ring (bicyclic) bond motifs is 7. The first-order valence-electron chi connectivity index (χ1n) is 13.2. The third-order valence-electron chi connectivity index (χ3n) is 9.19. The fourth-order valence-electron chi connectivity index (χ4n) is 7.74. The standard InChI is InChI=1S/C31H29N3O3/c1-3-19-12-15-24-22(17-19)31(29(37)33-24)30(21-7-4-5-8-23(21)32-28(30)36)26(25-9-6-16-34(25)31)27(35)20-13-10-18(2)11-14-20/h4-5,7-8,10-15,17,25-26H,3,6,9,16H2,1-2H3,(H,32,36)(H,33,37)/t25-,26+,30+,31-/m1/s1. The van der Waals surface area contributed by atoms with Crippen molar-refractivity contribution in [1.82, 2.24) is 4.90 Å². The summed E-state index contributed by atoms with van der Waals surface area (Å²) in [6.45, 7) is 4.73. The number of ketones is 1. The fraction of sp³-hybridized carbons (Fsp3) is 0.323. The topological polar surface area (TPSA) is 78.5 Å². The van der Waals surface area contributed by atoms with Crippen LogP contribution in [0.4, 0.5) is 11.4 Å². The maximum atomic E-state index is 14.6. The Balaban J connectivity index is 1.58. The van der Waals surface area contributed by atoms with Crippen LogP contribution in [0.25, 0.3) is 0 Å². The molecule has 2 N–H and O–H groups in total. The van der Waals surface area contributed by atoms with E-state index in [0.29, 0.717) is 17.8 Å². The Morgan fingerprint density at radius 1 is 0.946 bits per heavy atom. The van der Waals surface area contributed by atoms with Crippen LogP contribution >= 0.6 is 0 Å². The number of nitrogens with zero attached hydrogens (tertiary/aromatic N) is 1. The van der Waals surface area contributed by atoms with Crippen molar-refractivity contribution in [1.29, 1.82) is 0 Å². The molecule has 3 aromatic carbocycles. The number of nitrogens with one attached hydrogen (secondary N) is 2. The van der Waals surface area contributed by atoms with E-state index < -0.39 is 16.9 Å². The van der Waals surface area contributed by atoms with Crippen LogP contribution in [0.15, 0.2) is 66.7 Å². The molecule has 0 saturated carbocycles. The van der Waals surface area contributed by atoms with E-state index in [2.05, 4.69) is 28.5 Å². The summed E-state index contributed by atoms with van der Waals surface area (Å²) in [5.41, 5.74) is 3.01. The molecule has 2 saturated heterocycles. The second kappa shape index (κ2) is 7.62. The van der Waals surface area contributed by atoms with Gasteiger partial charge in [0.25, 0.3) is 5.91 Å². The van der Waals surface area contributed by atoms with Crippen molar-refractivity contribution >= 4 is 29.0 Å². The van der Waals surface area contributed by atoms with Gasteiger partial charge in [0.15, 0.2) is 5.78 Å². The van der Waals surface area contributed by atoms with Gasteiger partial charge in [-0.05, 0) is 56.0 Å². The predicted molar refractivity (Wildman–Crippen MR) is 142 cm³/mol. The number of benzene rings is 3. The molecule has 7 rings (SSSR count). The summed E-state index contributed by atoms with van der Waals surface area (Å²) in [5.74, 6) is -1.26. The molecule has 4 heterocycles. The molecule has 0 bridgehead atoms. The predicted octanol–water partition coefficient (Wildman–Crippen LogP) is 4.57. The largest absolute Gasteiger partial charge is 0.325 e. The molecule has 2 spiro atoms. The highest BCUT2D eigenvalue weighted by molar-refractivity contribution is 6.21. The molecular weight excluding hydrogens is 462 g/mol. The zero-order valence-electron chi connectivity index (χ0n) is 21.0. The summed E-state index contributed by atoms with van der Waals surface area (Å²) >= 11 is 0. The van der Waals surface area contributed by atoms with Gasteiger partial charge in [0.05, 0.1) is 5.92 Å². The van der Waals surface area contributed by atoms with Crippen LogP contribution in [-0.4, -0.2) is 35.1 Å². The van der Waals surface area contributed by atoms with Crippen LogP contribution in [0.5, 0.6) is 0 Å². The van der Waals surface area contributed by atoms with E-state index in [-0.39, 0.29) is 23.6 Å². The SMILES string of the molecule is CCc1ccc2c(c1)[C@]1(C(=O)N2)N2CCC[C@@H]2[C@@H](C(=O)c2ccc(C)cc2)[C@@]12C(=O)Nc1ccccc12. The Kier molecular flexibility index (Phi) is 4.62. The van der Waals surface area contributed by atoms with Crippen LogP contribution in [-0.2, 0) is 27.0 Å². The molecule has 186 valence electrons. The summed E-state index contributed by atoms with van der Waals surface area (Å²) in [6.07, 6.45) is 2.44. The van der Waals surface area contributed by atoms with E-state index in [1.165, 1.54) is 0 Å². The minimum atomic E-state index is -1.39. The van der Waals surface area contributed by atoms with E-state index in [1.54, 1.807) is 0 Å². The third-order valence-corrected chi connectivity index (χ3v) is 9.19. The molecule has 4 aliphatic rings. The van der Waals surface area contributed by atoms with Gasteiger partial charge >= 0.3 is 0 Å². The van der Waals surface area contributed by atoms with Crippen LogP contribution in [0, 0.1) is 12.8 Å². The molecule has 0 radical (unpaired) electrons. The Labute approximate surface area is 216 Å². The Bertz CT molecular complexity index is 1500. The number of Topliss-reactive ketones (excluding diaryl/α,β-unsaturated/α-hetero) is 1. The van der Waals surface area contributed by atoms with Gasteiger partial charge in [-0.15, -0.1) is 0 Å². The quantitative estimate of drug-likeness (QED) is 0.526. The number of rotatable bonds is 3. The molecule has 2 amide bonds. The van der Waals surface area contributed by atoms with Gasteiger partial charge in [-0.3, -0.25) is 19.3 Å². The van der Waals surface area contributed by atoms with Crippen molar-refractivity contribution < 1.29 is 14.4 Å². The average Bonchev–Trinajstić information content (AvgIpc) is 3.62.